The molecule has 1 aliphatic rings. The molecule has 1 N–H and O–H groups in total. The van der Waals surface area contributed by atoms with E-state index in [9.17, 15) is 22.4 Å². The van der Waals surface area contributed by atoms with Crippen molar-refractivity contribution in [3.05, 3.63) is 101 Å². The van der Waals surface area contributed by atoms with E-state index in [0.29, 0.717) is 0 Å². The highest BCUT2D eigenvalue weighted by molar-refractivity contribution is 7.92. The lowest BCUT2D eigenvalue weighted by molar-refractivity contribution is -0.140. The van der Waals surface area contributed by atoms with Gasteiger partial charge in [-0.3, -0.25) is 13.9 Å². The number of hydrogen-bond acceptors (Lipinski definition) is 4. The summed E-state index contributed by atoms with van der Waals surface area (Å²) in [6.45, 7) is 1.54. The molecule has 3 aromatic rings. The zero-order chi connectivity index (χ0) is 29.4. The first-order valence-electron chi connectivity index (χ1n) is 14.0. The van der Waals surface area contributed by atoms with Crippen LogP contribution in [0.15, 0.2) is 78.9 Å². The van der Waals surface area contributed by atoms with Gasteiger partial charge in [0.25, 0.3) is 0 Å². The van der Waals surface area contributed by atoms with Crippen LogP contribution in [-0.4, -0.2) is 50.0 Å². The van der Waals surface area contributed by atoms with E-state index in [4.69, 9.17) is 0 Å². The molecular weight excluding hydrogens is 541 g/mol. The fraction of sp³-hybridized carbons (Fsp3) is 0.375. The number of nitrogens with zero attached hydrogens (tertiary/aromatic N) is 2. The highest BCUT2D eigenvalue weighted by Crippen LogP contribution is 2.23. The number of hydrogen-bond donors (Lipinski definition) is 1. The molecule has 9 heteroatoms. The number of carbonyl (C=O) groups is 2. The minimum atomic E-state index is -3.91. The third-order valence-corrected chi connectivity index (χ3v) is 8.76. The molecule has 0 bridgehead atoms. The first-order valence-corrected chi connectivity index (χ1v) is 15.9. The number of sulfonamides is 1. The largest absolute Gasteiger partial charge is 0.352 e. The van der Waals surface area contributed by atoms with Gasteiger partial charge in [0, 0.05) is 19.0 Å². The van der Waals surface area contributed by atoms with Crippen LogP contribution in [0.1, 0.15) is 48.8 Å². The summed E-state index contributed by atoms with van der Waals surface area (Å²) in [4.78, 5) is 29.6. The fourth-order valence-electron chi connectivity index (χ4n) is 5.29. The molecule has 4 rings (SSSR count). The van der Waals surface area contributed by atoms with Gasteiger partial charge in [-0.25, -0.2) is 12.8 Å². The van der Waals surface area contributed by atoms with Crippen molar-refractivity contribution in [1.82, 2.24) is 10.2 Å². The number of aryl methyl sites for hydroxylation is 1. The zero-order valence-corrected chi connectivity index (χ0v) is 24.4. The Hall–Kier alpha value is -3.72. The van der Waals surface area contributed by atoms with Gasteiger partial charge in [0.15, 0.2) is 0 Å². The number of rotatable bonds is 11. The molecule has 0 aromatic heterocycles. The van der Waals surface area contributed by atoms with Crippen LogP contribution in [0.25, 0.3) is 0 Å². The summed E-state index contributed by atoms with van der Waals surface area (Å²) in [7, 11) is -3.91. The van der Waals surface area contributed by atoms with Crippen molar-refractivity contribution in [2.24, 2.45) is 0 Å². The maximum Gasteiger partial charge on any atom is 0.244 e. The van der Waals surface area contributed by atoms with E-state index in [1.807, 2.05) is 61.5 Å². The molecule has 1 saturated carbocycles. The van der Waals surface area contributed by atoms with E-state index < -0.39 is 34.3 Å². The molecule has 2 amide bonds. The Morgan fingerprint density at radius 3 is 2.20 bits per heavy atom. The number of benzene rings is 3. The quantitative estimate of drug-likeness (QED) is 0.347. The van der Waals surface area contributed by atoms with E-state index in [2.05, 4.69) is 5.32 Å². The van der Waals surface area contributed by atoms with Crippen LogP contribution in [0.5, 0.6) is 0 Å². The highest BCUT2D eigenvalue weighted by atomic mass is 32.2. The minimum Gasteiger partial charge on any atom is -0.352 e. The molecule has 41 heavy (non-hydrogen) atoms. The smallest absolute Gasteiger partial charge is 0.244 e. The molecule has 1 fully saturated rings. The van der Waals surface area contributed by atoms with Crippen LogP contribution >= 0.6 is 0 Å². The molecule has 0 heterocycles. The van der Waals surface area contributed by atoms with Crippen molar-refractivity contribution in [3.63, 3.8) is 0 Å². The Bertz CT molecular complexity index is 1420. The van der Waals surface area contributed by atoms with E-state index in [0.717, 1.165) is 71.5 Å². The van der Waals surface area contributed by atoms with Gasteiger partial charge in [-0.15, -0.1) is 0 Å². The lowest BCUT2D eigenvalue weighted by Crippen LogP contribution is -2.55. The topological polar surface area (TPSA) is 86.8 Å². The van der Waals surface area contributed by atoms with Gasteiger partial charge in [0.1, 0.15) is 18.4 Å². The third kappa shape index (κ3) is 8.39. The van der Waals surface area contributed by atoms with Crippen molar-refractivity contribution in [2.75, 3.05) is 17.1 Å². The Morgan fingerprint density at radius 1 is 0.927 bits per heavy atom. The average Bonchev–Trinajstić information content (AvgIpc) is 2.95. The Kier molecular flexibility index (Phi) is 10.2. The number of amides is 2. The van der Waals surface area contributed by atoms with Crippen molar-refractivity contribution in [1.29, 1.82) is 0 Å². The number of anilines is 1. The van der Waals surface area contributed by atoms with Gasteiger partial charge >= 0.3 is 0 Å². The molecule has 1 unspecified atom stereocenters. The predicted octanol–water partition coefficient (Wildman–Crippen LogP) is 4.99. The molecule has 0 radical (unpaired) electrons. The Morgan fingerprint density at radius 2 is 1.56 bits per heavy atom. The van der Waals surface area contributed by atoms with Gasteiger partial charge in [-0.05, 0) is 60.7 Å². The zero-order valence-electron chi connectivity index (χ0n) is 23.6. The monoisotopic (exact) mass is 579 g/mol. The van der Waals surface area contributed by atoms with Gasteiger partial charge in [0.2, 0.25) is 21.8 Å². The third-order valence-electron chi connectivity index (χ3n) is 7.62. The number of nitrogens with one attached hydrogen (secondary N) is 1. The van der Waals surface area contributed by atoms with Gasteiger partial charge < -0.3 is 10.2 Å². The maximum absolute atomic E-state index is 14.2. The Labute approximate surface area is 242 Å². The van der Waals surface area contributed by atoms with Crippen LogP contribution < -0.4 is 9.62 Å². The molecule has 0 saturated heterocycles. The average molecular weight is 580 g/mol. The highest BCUT2D eigenvalue weighted by Gasteiger charge is 2.34. The van der Waals surface area contributed by atoms with Crippen LogP contribution in [0.4, 0.5) is 10.1 Å². The lowest BCUT2D eigenvalue weighted by Gasteiger charge is -2.35. The molecule has 1 atom stereocenters. The molecule has 3 aromatic carbocycles. The molecule has 0 spiro atoms. The van der Waals surface area contributed by atoms with E-state index in [1.165, 1.54) is 17.0 Å². The first kappa shape index (κ1) is 30.2. The molecular formula is C32H38FN3O4S. The molecule has 1 aliphatic carbocycles. The number of halogens is 1. The van der Waals surface area contributed by atoms with Gasteiger partial charge in [-0.1, -0.05) is 73.9 Å². The van der Waals surface area contributed by atoms with Crippen LogP contribution in [-0.2, 0) is 32.6 Å². The van der Waals surface area contributed by atoms with Crippen molar-refractivity contribution >= 4 is 27.5 Å². The van der Waals surface area contributed by atoms with Crippen molar-refractivity contribution < 1.29 is 22.4 Å². The molecule has 0 aliphatic heterocycles. The Balaban J connectivity index is 1.72. The van der Waals surface area contributed by atoms with E-state index in [-0.39, 0.29) is 30.6 Å². The van der Waals surface area contributed by atoms with Crippen LogP contribution in [0.2, 0.25) is 0 Å². The summed E-state index contributed by atoms with van der Waals surface area (Å²) >= 11 is 0. The lowest BCUT2D eigenvalue weighted by atomic mass is 9.94. The summed E-state index contributed by atoms with van der Waals surface area (Å²) < 4.78 is 40.2. The van der Waals surface area contributed by atoms with Crippen molar-refractivity contribution in [2.45, 2.75) is 64.1 Å². The van der Waals surface area contributed by atoms with Crippen LogP contribution in [0, 0.1) is 12.7 Å². The van der Waals surface area contributed by atoms with E-state index in [1.54, 1.807) is 0 Å². The fourth-order valence-corrected chi connectivity index (χ4v) is 6.14. The second kappa shape index (κ2) is 13.8. The van der Waals surface area contributed by atoms with E-state index >= 15 is 0 Å². The minimum absolute atomic E-state index is 0.0386. The summed E-state index contributed by atoms with van der Waals surface area (Å²) in [5, 5.41) is 3.19. The summed E-state index contributed by atoms with van der Waals surface area (Å²) in [6, 6.07) is 21.2. The van der Waals surface area contributed by atoms with Gasteiger partial charge in [0.05, 0.1) is 11.9 Å². The second-order valence-electron chi connectivity index (χ2n) is 10.7. The van der Waals surface area contributed by atoms with Crippen LogP contribution in [0.3, 0.4) is 0 Å². The normalized spacial score (nSPS) is 14.7. The standard InChI is InChI=1S/C32H38FN3O4S/c1-24-11-9-10-14-26(24)22-35(31(37)23-36(41(2,39)40)29-19-17-27(33)18-20-29)30(21-25-12-5-3-6-13-25)32(38)34-28-15-7-4-8-16-28/h3,5-6,9-14,17-20,28,30H,4,7-8,15-16,21-23H2,1-2H3,(H,34,38). The summed E-state index contributed by atoms with van der Waals surface area (Å²) in [5.74, 6) is -1.30. The second-order valence-corrected chi connectivity index (χ2v) is 12.7. The molecule has 7 nitrogen and oxygen atoms in total. The predicted molar refractivity (Wildman–Crippen MR) is 159 cm³/mol. The SMILES string of the molecule is Cc1ccccc1CN(C(=O)CN(c1ccc(F)cc1)S(C)(=O)=O)C(Cc1ccccc1)C(=O)NC1CCCCC1. The maximum atomic E-state index is 14.2. The number of carbonyl (C=O) groups excluding carboxylic acids is 2. The summed E-state index contributed by atoms with van der Waals surface area (Å²) in [5.41, 5.74) is 2.87. The van der Waals surface area contributed by atoms with Gasteiger partial charge in [-0.2, -0.15) is 0 Å². The molecule has 218 valence electrons. The summed E-state index contributed by atoms with van der Waals surface area (Å²) in [6.07, 6.45) is 6.29. The van der Waals surface area contributed by atoms with Crippen molar-refractivity contribution in [3.8, 4) is 0 Å². The first-order chi connectivity index (χ1) is 19.6.